The highest BCUT2D eigenvalue weighted by Crippen LogP contribution is 2.43. The van der Waals surface area contributed by atoms with Gasteiger partial charge in [0.25, 0.3) is 5.91 Å². The molecular weight excluding hydrogens is 333 g/mol. The summed E-state index contributed by atoms with van der Waals surface area (Å²) < 4.78 is 15.6. The number of pyridine rings is 1. The van der Waals surface area contributed by atoms with Gasteiger partial charge in [0.2, 0.25) is 0 Å². The zero-order chi connectivity index (χ0) is 17.7. The molecule has 2 aromatic heterocycles. The summed E-state index contributed by atoms with van der Waals surface area (Å²) in [6.45, 7) is 2.38. The first-order valence-corrected chi connectivity index (χ1v) is 8.78. The topological polar surface area (TPSA) is 62.5 Å². The molecule has 6 nitrogen and oxygen atoms in total. The molecular formula is C19H18FN5O. The van der Waals surface area contributed by atoms with Crippen molar-refractivity contribution in [2.24, 2.45) is 11.8 Å². The Bertz CT molecular complexity index is 987. The number of hydrogen-bond acceptors (Lipinski definition) is 4. The van der Waals surface area contributed by atoms with Gasteiger partial charge in [-0.2, -0.15) is 0 Å². The first-order chi connectivity index (χ1) is 12.7. The van der Waals surface area contributed by atoms with Gasteiger partial charge in [-0.15, -0.1) is 10.2 Å². The van der Waals surface area contributed by atoms with Crippen molar-refractivity contribution in [3.05, 3.63) is 65.9 Å². The van der Waals surface area contributed by atoms with E-state index in [0.717, 1.165) is 18.7 Å². The Kier molecular flexibility index (Phi) is 3.49. The van der Waals surface area contributed by atoms with Gasteiger partial charge in [-0.3, -0.25) is 9.20 Å². The molecule has 1 N–H and O–H groups in total. The van der Waals surface area contributed by atoms with Crippen molar-refractivity contribution in [1.82, 2.24) is 24.8 Å². The van der Waals surface area contributed by atoms with Gasteiger partial charge in [-0.25, -0.2) is 4.39 Å². The lowest BCUT2D eigenvalue weighted by Gasteiger charge is -2.28. The van der Waals surface area contributed by atoms with E-state index in [9.17, 15) is 9.18 Å². The van der Waals surface area contributed by atoms with E-state index in [0.29, 0.717) is 29.6 Å². The quantitative estimate of drug-likeness (QED) is 0.766. The predicted molar refractivity (Wildman–Crippen MR) is 93.0 cm³/mol. The van der Waals surface area contributed by atoms with Crippen LogP contribution >= 0.6 is 0 Å². The highest BCUT2D eigenvalue weighted by atomic mass is 19.1. The molecule has 3 aromatic rings. The maximum absolute atomic E-state index is 13.8. The fourth-order valence-corrected chi connectivity index (χ4v) is 4.42. The third kappa shape index (κ3) is 2.31. The third-order valence-electron chi connectivity index (χ3n) is 5.57. The number of amides is 1. The molecule has 0 radical (unpaired) electrons. The molecule has 1 aromatic carbocycles. The van der Waals surface area contributed by atoms with E-state index >= 15 is 0 Å². The van der Waals surface area contributed by atoms with Crippen LogP contribution in [0, 0.1) is 17.7 Å². The van der Waals surface area contributed by atoms with Crippen LogP contribution in [0.15, 0.2) is 48.9 Å². The fraction of sp³-hybridized carbons (Fsp3) is 0.316. The van der Waals surface area contributed by atoms with E-state index in [2.05, 4.69) is 15.5 Å². The van der Waals surface area contributed by atoms with Crippen molar-refractivity contribution in [1.29, 1.82) is 0 Å². The Labute approximate surface area is 149 Å². The molecule has 0 saturated carbocycles. The van der Waals surface area contributed by atoms with Crippen molar-refractivity contribution >= 4 is 11.6 Å². The molecule has 4 heterocycles. The molecule has 0 unspecified atom stereocenters. The lowest BCUT2D eigenvalue weighted by Crippen LogP contribution is -2.35. The van der Waals surface area contributed by atoms with E-state index in [1.165, 1.54) is 6.07 Å². The summed E-state index contributed by atoms with van der Waals surface area (Å²) in [6, 6.07) is 10.1. The first-order valence-electron chi connectivity index (χ1n) is 8.78. The van der Waals surface area contributed by atoms with Gasteiger partial charge in [0.1, 0.15) is 12.1 Å². The van der Waals surface area contributed by atoms with Crippen LogP contribution in [0.25, 0.3) is 5.65 Å². The largest absolute Gasteiger partial charge is 0.331 e. The minimum Gasteiger partial charge on any atom is -0.331 e. The van der Waals surface area contributed by atoms with Gasteiger partial charge in [0, 0.05) is 31.7 Å². The highest BCUT2D eigenvalue weighted by Gasteiger charge is 2.47. The SMILES string of the molecule is O=C(c1cccn2cnnc12)N1C[C@@H]2CNC[C@@H]2[C@H]1c1cccc(F)c1. The molecule has 2 saturated heterocycles. The second kappa shape index (κ2) is 5.88. The number of carbonyl (C=O) groups is 1. The average Bonchev–Trinajstić information content (AvgIpc) is 3.35. The predicted octanol–water partition coefficient (Wildman–Crippen LogP) is 1.90. The smallest absolute Gasteiger partial charge is 0.258 e. The summed E-state index contributed by atoms with van der Waals surface area (Å²) in [4.78, 5) is 15.3. The summed E-state index contributed by atoms with van der Waals surface area (Å²) in [5.74, 6) is 0.319. The van der Waals surface area contributed by atoms with Crippen LogP contribution < -0.4 is 5.32 Å². The Morgan fingerprint density at radius 3 is 3.04 bits per heavy atom. The third-order valence-corrected chi connectivity index (χ3v) is 5.57. The van der Waals surface area contributed by atoms with Crippen LogP contribution in [0.2, 0.25) is 0 Å². The average molecular weight is 351 g/mol. The van der Waals surface area contributed by atoms with Crippen molar-refractivity contribution < 1.29 is 9.18 Å². The van der Waals surface area contributed by atoms with Gasteiger partial charge < -0.3 is 10.2 Å². The number of rotatable bonds is 2. The van der Waals surface area contributed by atoms with E-state index in [1.54, 1.807) is 28.9 Å². The molecule has 2 aliphatic heterocycles. The number of halogens is 1. The molecule has 132 valence electrons. The van der Waals surface area contributed by atoms with Crippen molar-refractivity contribution in [2.75, 3.05) is 19.6 Å². The lowest BCUT2D eigenvalue weighted by atomic mass is 9.89. The molecule has 7 heteroatoms. The minimum atomic E-state index is -0.274. The summed E-state index contributed by atoms with van der Waals surface area (Å²) in [6.07, 6.45) is 3.40. The Balaban J connectivity index is 1.58. The molecule has 0 aliphatic carbocycles. The Hall–Kier alpha value is -2.80. The number of nitrogens with one attached hydrogen (secondary N) is 1. The van der Waals surface area contributed by atoms with Crippen LogP contribution in [0.1, 0.15) is 22.0 Å². The molecule has 3 atom stereocenters. The summed E-state index contributed by atoms with van der Waals surface area (Å²) in [5.41, 5.74) is 1.92. The number of carbonyl (C=O) groups excluding carboxylic acids is 1. The zero-order valence-corrected chi connectivity index (χ0v) is 14.0. The maximum Gasteiger partial charge on any atom is 0.258 e. The number of likely N-dealkylation sites (tertiary alicyclic amines) is 1. The molecule has 2 aliphatic rings. The number of aromatic nitrogens is 3. The molecule has 26 heavy (non-hydrogen) atoms. The monoisotopic (exact) mass is 351 g/mol. The van der Waals surface area contributed by atoms with E-state index < -0.39 is 0 Å². The van der Waals surface area contributed by atoms with Crippen LogP contribution in [-0.2, 0) is 0 Å². The van der Waals surface area contributed by atoms with Gasteiger partial charge in [0.05, 0.1) is 11.6 Å². The van der Waals surface area contributed by atoms with Crippen LogP contribution in [-0.4, -0.2) is 45.0 Å². The van der Waals surface area contributed by atoms with Crippen molar-refractivity contribution in [3.63, 3.8) is 0 Å². The molecule has 0 bridgehead atoms. The number of benzene rings is 1. The second-order valence-corrected chi connectivity index (χ2v) is 7.02. The molecule has 2 fully saturated rings. The normalized spacial score (nSPS) is 25.0. The van der Waals surface area contributed by atoms with Crippen molar-refractivity contribution in [3.8, 4) is 0 Å². The fourth-order valence-electron chi connectivity index (χ4n) is 4.42. The minimum absolute atomic E-state index is 0.0766. The van der Waals surface area contributed by atoms with Crippen molar-refractivity contribution in [2.45, 2.75) is 6.04 Å². The van der Waals surface area contributed by atoms with Gasteiger partial charge in [0.15, 0.2) is 5.65 Å². The molecule has 0 spiro atoms. The first kappa shape index (κ1) is 15.5. The van der Waals surface area contributed by atoms with Gasteiger partial charge in [-0.1, -0.05) is 12.1 Å². The Morgan fingerprint density at radius 1 is 1.23 bits per heavy atom. The number of nitrogens with zero attached hydrogens (tertiary/aromatic N) is 4. The zero-order valence-electron chi connectivity index (χ0n) is 14.0. The summed E-state index contributed by atoms with van der Waals surface area (Å²) >= 11 is 0. The number of fused-ring (bicyclic) bond motifs is 2. The van der Waals surface area contributed by atoms with Crippen LogP contribution in [0.3, 0.4) is 0 Å². The number of hydrogen-bond donors (Lipinski definition) is 1. The Morgan fingerprint density at radius 2 is 2.15 bits per heavy atom. The molecule has 5 rings (SSSR count). The standard InChI is InChI=1S/C19H18FN5O/c20-14-4-1-3-12(7-14)17-16-9-21-8-13(16)10-25(17)19(26)15-5-2-6-24-11-22-23-18(15)24/h1-7,11,13,16-17,21H,8-10H2/t13-,16-,17+/m0/s1. The maximum atomic E-state index is 13.8. The lowest BCUT2D eigenvalue weighted by molar-refractivity contribution is 0.0715. The van der Waals surface area contributed by atoms with Crippen LogP contribution in [0.5, 0.6) is 0 Å². The summed E-state index contributed by atoms with van der Waals surface area (Å²) in [5, 5.41) is 11.4. The molecule has 1 amide bonds. The van der Waals surface area contributed by atoms with Gasteiger partial charge in [-0.05, 0) is 35.7 Å². The van der Waals surface area contributed by atoms with Gasteiger partial charge >= 0.3 is 0 Å². The summed E-state index contributed by atoms with van der Waals surface area (Å²) in [7, 11) is 0. The highest BCUT2D eigenvalue weighted by molar-refractivity contribution is 6.00. The van der Waals surface area contributed by atoms with E-state index in [4.69, 9.17) is 0 Å². The van der Waals surface area contributed by atoms with E-state index in [-0.39, 0.29) is 17.8 Å². The van der Waals surface area contributed by atoms with E-state index in [1.807, 2.05) is 23.2 Å². The second-order valence-electron chi connectivity index (χ2n) is 7.02. The van der Waals surface area contributed by atoms with Crippen LogP contribution in [0.4, 0.5) is 4.39 Å².